The summed E-state index contributed by atoms with van der Waals surface area (Å²) in [6, 6.07) is 19.5. The fraction of sp³-hybridized carbons (Fsp3) is 0.407. The number of carbonyl (C=O) groups excluding carboxylic acids is 1. The normalized spacial score (nSPS) is 13.5. The second-order valence-corrected chi connectivity index (χ2v) is 9.54. The molecule has 3 rings (SSSR count). The lowest BCUT2D eigenvalue weighted by Crippen LogP contribution is -2.47. The molecule has 34 heavy (non-hydrogen) atoms. The second-order valence-electron chi connectivity index (χ2n) is 9.54. The Morgan fingerprint density at radius 2 is 1.74 bits per heavy atom. The van der Waals surface area contributed by atoms with Crippen LogP contribution in [0, 0.1) is 5.41 Å². The fourth-order valence-corrected chi connectivity index (χ4v) is 4.14. The number of amides is 1. The first-order chi connectivity index (χ1) is 16.2. The number of ether oxygens (including phenoxy) is 1. The zero-order valence-corrected chi connectivity index (χ0v) is 20.4. The molecular formula is C27H35FN4O2. The number of nitrogens with two attached hydrogens (primary N) is 1. The van der Waals surface area contributed by atoms with Gasteiger partial charge in [-0.15, -0.1) is 0 Å². The highest BCUT2D eigenvalue weighted by atomic mass is 19.1. The van der Waals surface area contributed by atoms with E-state index in [2.05, 4.69) is 16.7 Å². The van der Waals surface area contributed by atoms with Gasteiger partial charge in [0.25, 0.3) is 0 Å². The van der Waals surface area contributed by atoms with Crippen molar-refractivity contribution in [2.24, 2.45) is 11.1 Å². The summed E-state index contributed by atoms with van der Waals surface area (Å²) in [6.45, 7) is 6.24. The van der Waals surface area contributed by atoms with E-state index in [1.165, 1.54) is 7.11 Å². The number of rotatable bonds is 10. The number of carbonyl (C=O) groups is 1. The van der Waals surface area contributed by atoms with Crippen molar-refractivity contribution >= 4 is 5.91 Å². The number of aromatic nitrogens is 2. The van der Waals surface area contributed by atoms with Crippen molar-refractivity contribution in [2.45, 2.75) is 39.5 Å². The zero-order valence-electron chi connectivity index (χ0n) is 20.4. The Kier molecular flexibility index (Phi) is 8.58. The maximum atomic E-state index is 14.6. The molecule has 1 aromatic heterocycles. The number of alkyl halides is 1. The molecule has 0 unspecified atom stereocenters. The number of halogens is 1. The highest BCUT2D eigenvalue weighted by molar-refractivity contribution is 5.78. The predicted octanol–water partition coefficient (Wildman–Crippen LogP) is 4.46. The predicted molar refractivity (Wildman–Crippen MR) is 133 cm³/mol. The van der Waals surface area contributed by atoms with Crippen molar-refractivity contribution in [3.63, 3.8) is 0 Å². The molecule has 0 saturated carbocycles. The van der Waals surface area contributed by atoms with Crippen molar-refractivity contribution in [1.82, 2.24) is 14.5 Å². The summed E-state index contributed by atoms with van der Waals surface area (Å²) < 4.78 is 21.8. The van der Waals surface area contributed by atoms with Crippen LogP contribution in [0.3, 0.4) is 0 Å². The van der Waals surface area contributed by atoms with Crippen molar-refractivity contribution < 1.29 is 13.9 Å². The summed E-state index contributed by atoms with van der Waals surface area (Å²) in [5.74, 6) is 0.401. The Balaban J connectivity index is 2.16. The Labute approximate surface area is 201 Å². The van der Waals surface area contributed by atoms with E-state index in [-0.39, 0.29) is 25.6 Å². The molecule has 0 saturated heterocycles. The molecule has 182 valence electrons. The standard InChI is InChI=1S/C27H35FN4O2/c1-27(2,3)25(32(17-22(28)15-29)24(33)19-34-4)26-30-23(21-13-9-6-10-14-21)18-31(26)16-20-11-7-5-8-12-20/h5-14,18,22,25H,15-17,19,29H2,1-4H3/t22-,25-/m0/s1. The van der Waals surface area contributed by atoms with Crippen molar-refractivity contribution in [1.29, 1.82) is 0 Å². The zero-order chi connectivity index (χ0) is 24.7. The van der Waals surface area contributed by atoms with Crippen molar-refractivity contribution in [2.75, 3.05) is 26.8 Å². The SMILES string of the molecule is COCC(=O)N(C[C@@H](F)CN)[C@@H](c1nc(-c2ccccc2)cn1Cc1ccccc1)C(C)(C)C. The van der Waals surface area contributed by atoms with E-state index in [4.69, 9.17) is 15.5 Å². The summed E-state index contributed by atoms with van der Waals surface area (Å²) >= 11 is 0. The van der Waals surface area contributed by atoms with Crippen LogP contribution in [0.5, 0.6) is 0 Å². The quantitative estimate of drug-likeness (QED) is 0.479. The van der Waals surface area contributed by atoms with Crippen molar-refractivity contribution in [3.05, 3.63) is 78.2 Å². The third kappa shape index (κ3) is 6.30. The number of hydrogen-bond acceptors (Lipinski definition) is 4. The Hall–Kier alpha value is -3.03. The minimum absolute atomic E-state index is 0.125. The van der Waals surface area contributed by atoms with E-state index in [1.807, 2.05) is 75.5 Å². The van der Waals surface area contributed by atoms with Gasteiger partial charge in [0.05, 0.1) is 18.3 Å². The maximum Gasteiger partial charge on any atom is 0.249 e. The first kappa shape index (κ1) is 25.6. The van der Waals surface area contributed by atoms with Gasteiger partial charge in [0.15, 0.2) is 0 Å². The van der Waals surface area contributed by atoms with Crippen LogP contribution in [0.15, 0.2) is 66.9 Å². The van der Waals surface area contributed by atoms with Crippen LogP contribution < -0.4 is 5.73 Å². The van der Waals surface area contributed by atoms with Crippen LogP contribution in [-0.2, 0) is 16.1 Å². The van der Waals surface area contributed by atoms with Gasteiger partial charge in [-0.2, -0.15) is 0 Å². The highest BCUT2D eigenvalue weighted by Gasteiger charge is 2.39. The molecule has 0 aliphatic rings. The molecule has 0 bridgehead atoms. The van der Waals surface area contributed by atoms with Gasteiger partial charge in [-0.05, 0) is 11.0 Å². The Bertz CT molecular complexity index is 1050. The summed E-state index contributed by atoms with van der Waals surface area (Å²) in [4.78, 5) is 19.7. The van der Waals surface area contributed by atoms with E-state index >= 15 is 0 Å². The van der Waals surface area contributed by atoms with Crippen LogP contribution in [0.1, 0.15) is 38.2 Å². The first-order valence-electron chi connectivity index (χ1n) is 11.5. The minimum Gasteiger partial charge on any atom is -0.375 e. The molecule has 2 aromatic carbocycles. The van der Waals surface area contributed by atoms with E-state index in [1.54, 1.807) is 4.90 Å². The van der Waals surface area contributed by atoms with Crippen LogP contribution >= 0.6 is 0 Å². The van der Waals surface area contributed by atoms with Crippen LogP contribution in [0.4, 0.5) is 4.39 Å². The van der Waals surface area contributed by atoms with Gasteiger partial charge in [0.2, 0.25) is 5.91 Å². The average molecular weight is 467 g/mol. The molecule has 2 N–H and O–H groups in total. The number of imidazole rings is 1. The highest BCUT2D eigenvalue weighted by Crippen LogP contribution is 2.39. The van der Waals surface area contributed by atoms with Crippen LogP contribution in [0.25, 0.3) is 11.3 Å². The first-order valence-corrected chi connectivity index (χ1v) is 11.5. The molecule has 6 nitrogen and oxygen atoms in total. The second kappa shape index (κ2) is 11.4. The Morgan fingerprint density at radius 1 is 1.12 bits per heavy atom. The lowest BCUT2D eigenvalue weighted by atomic mass is 9.84. The van der Waals surface area contributed by atoms with Crippen molar-refractivity contribution in [3.8, 4) is 11.3 Å². The molecule has 0 fully saturated rings. The fourth-order valence-electron chi connectivity index (χ4n) is 4.14. The molecule has 0 aliphatic carbocycles. The number of benzene rings is 2. The third-order valence-corrected chi connectivity index (χ3v) is 5.69. The van der Waals surface area contributed by atoms with E-state index in [0.717, 1.165) is 16.8 Å². The maximum absolute atomic E-state index is 14.6. The monoisotopic (exact) mass is 466 g/mol. The van der Waals surface area contributed by atoms with Gasteiger partial charge in [0.1, 0.15) is 18.6 Å². The number of hydrogen-bond donors (Lipinski definition) is 1. The van der Waals surface area contributed by atoms with Crippen LogP contribution in [-0.4, -0.2) is 53.3 Å². The summed E-state index contributed by atoms with van der Waals surface area (Å²) in [7, 11) is 1.46. The number of methoxy groups -OCH3 is 1. The Morgan fingerprint density at radius 3 is 2.29 bits per heavy atom. The van der Waals surface area contributed by atoms with Gasteiger partial charge >= 0.3 is 0 Å². The van der Waals surface area contributed by atoms with Crippen LogP contribution in [0.2, 0.25) is 0 Å². The molecule has 7 heteroatoms. The summed E-state index contributed by atoms with van der Waals surface area (Å²) in [6.07, 6.45) is 0.655. The molecule has 2 atom stereocenters. The van der Waals surface area contributed by atoms with E-state index < -0.39 is 17.6 Å². The molecule has 1 amide bonds. The van der Waals surface area contributed by atoms with Gasteiger partial charge < -0.3 is 19.9 Å². The summed E-state index contributed by atoms with van der Waals surface area (Å²) in [5.41, 5.74) is 8.03. The van der Waals surface area contributed by atoms with Gasteiger partial charge in [-0.25, -0.2) is 9.37 Å². The van der Waals surface area contributed by atoms with Gasteiger partial charge in [0, 0.05) is 32.0 Å². The lowest BCUT2D eigenvalue weighted by Gasteiger charge is -2.40. The lowest BCUT2D eigenvalue weighted by molar-refractivity contribution is -0.141. The molecular weight excluding hydrogens is 431 g/mol. The largest absolute Gasteiger partial charge is 0.375 e. The third-order valence-electron chi connectivity index (χ3n) is 5.69. The molecule has 0 spiro atoms. The molecule has 0 aliphatic heterocycles. The minimum atomic E-state index is -1.35. The van der Waals surface area contributed by atoms with Gasteiger partial charge in [-0.1, -0.05) is 81.4 Å². The van der Waals surface area contributed by atoms with E-state index in [0.29, 0.717) is 12.4 Å². The molecule has 3 aromatic rings. The smallest absolute Gasteiger partial charge is 0.249 e. The number of nitrogens with zero attached hydrogens (tertiary/aromatic N) is 3. The molecule has 0 radical (unpaired) electrons. The topological polar surface area (TPSA) is 73.4 Å². The molecule has 1 heterocycles. The van der Waals surface area contributed by atoms with E-state index in [9.17, 15) is 9.18 Å². The average Bonchev–Trinajstić information content (AvgIpc) is 3.22. The van der Waals surface area contributed by atoms with Gasteiger partial charge in [-0.3, -0.25) is 4.79 Å². The summed E-state index contributed by atoms with van der Waals surface area (Å²) in [5, 5.41) is 0.